The molecule has 0 spiro atoms. The number of aromatic nitrogens is 1. The fraction of sp³-hybridized carbons (Fsp3) is 0. The number of thiazole rings is 1. The summed E-state index contributed by atoms with van der Waals surface area (Å²) in [5.41, 5.74) is 2.59. The SMILES string of the molecule is NNC(=O)c1[nH]c(=O)sc1-c1ccc(F)cc1. The van der Waals surface area contributed by atoms with Crippen LogP contribution in [0.5, 0.6) is 0 Å². The van der Waals surface area contributed by atoms with Crippen LogP contribution in [0.1, 0.15) is 10.5 Å². The van der Waals surface area contributed by atoms with Gasteiger partial charge in [0.25, 0.3) is 5.91 Å². The van der Waals surface area contributed by atoms with Crippen molar-refractivity contribution in [3.63, 3.8) is 0 Å². The third-order valence-corrected chi connectivity index (χ3v) is 3.04. The van der Waals surface area contributed by atoms with Crippen molar-refractivity contribution in [1.82, 2.24) is 10.4 Å². The number of nitrogen functional groups attached to an aromatic ring is 1. The largest absolute Gasteiger partial charge is 0.308 e. The highest BCUT2D eigenvalue weighted by molar-refractivity contribution is 7.13. The topological polar surface area (TPSA) is 88.0 Å². The van der Waals surface area contributed by atoms with Crippen LogP contribution >= 0.6 is 11.3 Å². The number of aromatic amines is 1. The standard InChI is InChI=1S/C10H8FN3O2S/c11-6-3-1-5(2-4-6)8-7(9(15)14-12)13-10(16)17-8/h1-4H,12H2,(H,13,16)(H,14,15). The molecule has 0 unspecified atom stereocenters. The second-order valence-electron chi connectivity index (χ2n) is 3.20. The third-order valence-electron chi connectivity index (χ3n) is 2.11. The molecule has 0 bridgehead atoms. The summed E-state index contributed by atoms with van der Waals surface area (Å²) in [5.74, 6) is 4.03. The van der Waals surface area contributed by atoms with Gasteiger partial charge in [-0.2, -0.15) is 0 Å². The zero-order valence-corrected chi connectivity index (χ0v) is 9.31. The van der Waals surface area contributed by atoms with Gasteiger partial charge in [0.05, 0.1) is 4.88 Å². The van der Waals surface area contributed by atoms with Crippen LogP contribution in [0.4, 0.5) is 4.39 Å². The van der Waals surface area contributed by atoms with Gasteiger partial charge in [-0.15, -0.1) is 0 Å². The summed E-state index contributed by atoms with van der Waals surface area (Å²) in [6, 6.07) is 5.48. The number of H-pyrrole nitrogens is 1. The van der Waals surface area contributed by atoms with Gasteiger partial charge >= 0.3 is 4.87 Å². The van der Waals surface area contributed by atoms with E-state index in [2.05, 4.69) is 4.98 Å². The van der Waals surface area contributed by atoms with Crippen LogP contribution in [0.2, 0.25) is 0 Å². The molecule has 0 aliphatic carbocycles. The number of halogens is 1. The lowest BCUT2D eigenvalue weighted by molar-refractivity contribution is 0.0950. The lowest BCUT2D eigenvalue weighted by Gasteiger charge is -2.01. The Labute approximate surface area is 99.1 Å². The van der Waals surface area contributed by atoms with Gasteiger partial charge in [0, 0.05) is 0 Å². The average molecular weight is 253 g/mol. The summed E-state index contributed by atoms with van der Waals surface area (Å²) in [4.78, 5) is 25.1. The van der Waals surface area contributed by atoms with E-state index in [-0.39, 0.29) is 16.4 Å². The van der Waals surface area contributed by atoms with Crippen molar-refractivity contribution in [2.75, 3.05) is 0 Å². The van der Waals surface area contributed by atoms with Crippen LogP contribution in [-0.2, 0) is 0 Å². The Kier molecular flexibility index (Phi) is 3.03. The van der Waals surface area contributed by atoms with E-state index in [0.717, 1.165) is 11.3 Å². The molecule has 0 atom stereocenters. The smallest absolute Gasteiger partial charge is 0.305 e. The van der Waals surface area contributed by atoms with E-state index in [4.69, 9.17) is 5.84 Å². The summed E-state index contributed by atoms with van der Waals surface area (Å²) in [5, 5.41) is 0. The van der Waals surface area contributed by atoms with Gasteiger partial charge in [-0.25, -0.2) is 10.2 Å². The first-order valence-electron chi connectivity index (χ1n) is 4.62. The second-order valence-corrected chi connectivity index (χ2v) is 4.18. The van der Waals surface area contributed by atoms with Crippen molar-refractivity contribution in [1.29, 1.82) is 0 Å². The molecule has 0 fully saturated rings. The first-order chi connectivity index (χ1) is 8.11. The third kappa shape index (κ3) is 2.24. The maximum absolute atomic E-state index is 12.8. The molecule has 2 rings (SSSR count). The van der Waals surface area contributed by atoms with Crippen LogP contribution in [-0.4, -0.2) is 10.9 Å². The van der Waals surface area contributed by atoms with Gasteiger partial charge in [-0.1, -0.05) is 23.5 Å². The van der Waals surface area contributed by atoms with E-state index in [9.17, 15) is 14.0 Å². The maximum atomic E-state index is 12.8. The normalized spacial score (nSPS) is 10.2. The van der Waals surface area contributed by atoms with Gasteiger partial charge in [-0.05, 0) is 17.7 Å². The van der Waals surface area contributed by atoms with Gasteiger partial charge in [0.1, 0.15) is 11.5 Å². The minimum atomic E-state index is -0.595. The molecule has 0 saturated heterocycles. The Hall–Kier alpha value is -1.99. The number of hydrazine groups is 1. The molecule has 1 aromatic heterocycles. The summed E-state index contributed by atoms with van der Waals surface area (Å²) < 4.78 is 12.8. The van der Waals surface area contributed by atoms with E-state index >= 15 is 0 Å². The predicted octanol–water partition coefficient (Wildman–Crippen LogP) is 0.846. The van der Waals surface area contributed by atoms with Crippen molar-refractivity contribution in [3.8, 4) is 10.4 Å². The molecule has 4 N–H and O–H groups in total. The molecule has 0 aliphatic heterocycles. The summed E-state index contributed by atoms with van der Waals surface area (Å²) in [6.45, 7) is 0. The molecule has 0 aliphatic rings. The molecule has 2 aromatic rings. The highest BCUT2D eigenvalue weighted by atomic mass is 32.1. The fourth-order valence-electron chi connectivity index (χ4n) is 1.36. The fourth-order valence-corrected chi connectivity index (χ4v) is 2.20. The number of hydrogen-bond donors (Lipinski definition) is 3. The first-order valence-corrected chi connectivity index (χ1v) is 5.43. The highest BCUT2D eigenvalue weighted by Crippen LogP contribution is 2.25. The number of carbonyl (C=O) groups excluding carboxylic acids is 1. The Morgan fingerprint density at radius 2 is 2.00 bits per heavy atom. The predicted molar refractivity (Wildman–Crippen MR) is 62.0 cm³/mol. The lowest BCUT2D eigenvalue weighted by atomic mass is 10.1. The number of benzene rings is 1. The summed E-state index contributed by atoms with van der Waals surface area (Å²) in [7, 11) is 0. The molecule has 1 aromatic carbocycles. The minimum absolute atomic E-state index is 0.0779. The quantitative estimate of drug-likeness (QED) is 0.421. The van der Waals surface area contributed by atoms with Crippen LogP contribution in [0.3, 0.4) is 0 Å². The second kappa shape index (κ2) is 4.48. The maximum Gasteiger partial charge on any atom is 0.305 e. The molecule has 5 nitrogen and oxygen atoms in total. The summed E-state index contributed by atoms with van der Waals surface area (Å²) >= 11 is 0.867. The van der Waals surface area contributed by atoms with Crippen LogP contribution in [0.15, 0.2) is 29.1 Å². The Morgan fingerprint density at radius 1 is 1.35 bits per heavy atom. The minimum Gasteiger partial charge on any atom is -0.308 e. The molecular weight excluding hydrogens is 245 g/mol. The number of hydrogen-bond acceptors (Lipinski definition) is 4. The van der Waals surface area contributed by atoms with Crippen LogP contribution < -0.4 is 16.1 Å². The molecule has 88 valence electrons. The number of rotatable bonds is 2. The molecule has 7 heteroatoms. The van der Waals surface area contributed by atoms with Gasteiger partial charge in [0.15, 0.2) is 0 Å². The molecule has 0 saturated carbocycles. The van der Waals surface area contributed by atoms with Crippen molar-refractivity contribution >= 4 is 17.2 Å². The average Bonchev–Trinajstić information content (AvgIpc) is 2.71. The Bertz CT molecular complexity index is 603. The molecule has 1 amide bonds. The van der Waals surface area contributed by atoms with E-state index in [0.29, 0.717) is 10.4 Å². The molecule has 0 radical (unpaired) electrons. The van der Waals surface area contributed by atoms with Gasteiger partial charge in [0.2, 0.25) is 0 Å². The monoisotopic (exact) mass is 253 g/mol. The number of nitrogens with two attached hydrogens (primary N) is 1. The summed E-state index contributed by atoms with van der Waals surface area (Å²) in [6.07, 6.45) is 0. The van der Waals surface area contributed by atoms with Crippen molar-refractivity contribution < 1.29 is 9.18 Å². The highest BCUT2D eigenvalue weighted by Gasteiger charge is 2.16. The van der Waals surface area contributed by atoms with Crippen molar-refractivity contribution in [2.45, 2.75) is 0 Å². The van der Waals surface area contributed by atoms with Gasteiger partial charge < -0.3 is 4.98 Å². The molecule has 1 heterocycles. The van der Waals surface area contributed by atoms with E-state index in [1.807, 2.05) is 5.43 Å². The van der Waals surface area contributed by atoms with E-state index < -0.39 is 5.91 Å². The Balaban J connectivity index is 2.55. The van der Waals surface area contributed by atoms with Crippen molar-refractivity contribution in [2.24, 2.45) is 5.84 Å². The number of carbonyl (C=O) groups is 1. The molecule has 17 heavy (non-hydrogen) atoms. The van der Waals surface area contributed by atoms with Crippen molar-refractivity contribution in [3.05, 3.63) is 45.4 Å². The van der Waals surface area contributed by atoms with Crippen LogP contribution in [0, 0.1) is 5.82 Å². The first kappa shape index (κ1) is 11.5. The van der Waals surface area contributed by atoms with Gasteiger partial charge in [-0.3, -0.25) is 15.0 Å². The zero-order valence-electron chi connectivity index (χ0n) is 8.49. The number of amides is 1. The van der Waals surface area contributed by atoms with Crippen LogP contribution in [0.25, 0.3) is 10.4 Å². The molecular formula is C10H8FN3O2S. The van der Waals surface area contributed by atoms with E-state index in [1.165, 1.54) is 24.3 Å². The van der Waals surface area contributed by atoms with E-state index in [1.54, 1.807) is 0 Å². The lowest BCUT2D eigenvalue weighted by Crippen LogP contribution is -2.31. The number of nitrogens with one attached hydrogen (secondary N) is 2. The Morgan fingerprint density at radius 3 is 2.59 bits per heavy atom. The zero-order chi connectivity index (χ0) is 12.4.